The van der Waals surface area contributed by atoms with Gasteiger partial charge in [0.15, 0.2) is 0 Å². The Labute approximate surface area is 122 Å². The van der Waals surface area contributed by atoms with Crippen molar-refractivity contribution in [2.75, 3.05) is 6.61 Å². The van der Waals surface area contributed by atoms with Crippen molar-refractivity contribution in [3.63, 3.8) is 0 Å². The molecule has 2 aromatic rings. The first-order valence-corrected chi connectivity index (χ1v) is 6.74. The quantitative estimate of drug-likeness (QED) is 0.672. The number of hydrogen-bond donors (Lipinski definition) is 1. The average Bonchev–Trinajstić information content (AvgIpc) is 2.47. The minimum absolute atomic E-state index is 0.0946. The number of carbonyl (C=O) groups is 1. The van der Waals surface area contributed by atoms with Crippen LogP contribution in [-0.2, 0) is 11.2 Å². The highest BCUT2D eigenvalue weighted by Crippen LogP contribution is 2.22. The molecule has 0 unspecified atom stereocenters. The number of rotatable bonds is 5. The maximum absolute atomic E-state index is 11.8. The van der Waals surface area contributed by atoms with Gasteiger partial charge in [-0.1, -0.05) is 41.9 Å². The van der Waals surface area contributed by atoms with Gasteiger partial charge in [-0.3, -0.25) is 0 Å². The van der Waals surface area contributed by atoms with Gasteiger partial charge >= 0.3 is 5.97 Å². The monoisotopic (exact) mass is 290 g/mol. The predicted octanol–water partition coefficient (Wildman–Crippen LogP) is 3.84. The number of ether oxygens (including phenoxy) is 1. The molecule has 0 aliphatic carbocycles. The SMILES string of the molecule is O=C(OCCCc1ccccc1)c1cc(Cl)ccc1O. The van der Waals surface area contributed by atoms with Crippen LogP contribution >= 0.6 is 11.6 Å². The van der Waals surface area contributed by atoms with Crippen LogP contribution in [0.4, 0.5) is 0 Å². The standard InChI is InChI=1S/C16H15ClO3/c17-13-8-9-15(18)14(11-13)16(19)20-10-4-7-12-5-2-1-3-6-12/h1-3,5-6,8-9,11,18H,4,7,10H2. The van der Waals surface area contributed by atoms with Crippen LogP contribution in [0, 0.1) is 0 Å². The maximum atomic E-state index is 11.8. The van der Waals surface area contributed by atoms with Crippen LogP contribution in [0.25, 0.3) is 0 Å². The van der Waals surface area contributed by atoms with E-state index in [1.807, 2.05) is 30.3 Å². The number of carbonyl (C=O) groups excluding carboxylic acids is 1. The summed E-state index contributed by atoms with van der Waals surface area (Å²) >= 11 is 5.78. The van der Waals surface area contributed by atoms with E-state index in [1.54, 1.807) is 0 Å². The summed E-state index contributed by atoms with van der Waals surface area (Å²) in [6.07, 6.45) is 1.58. The summed E-state index contributed by atoms with van der Waals surface area (Å²) in [6, 6.07) is 14.3. The predicted molar refractivity (Wildman–Crippen MR) is 78.2 cm³/mol. The third kappa shape index (κ3) is 4.00. The van der Waals surface area contributed by atoms with Gasteiger partial charge in [0, 0.05) is 5.02 Å². The van der Waals surface area contributed by atoms with Crippen LogP contribution in [-0.4, -0.2) is 17.7 Å². The molecule has 1 N–H and O–H groups in total. The third-order valence-corrected chi connectivity index (χ3v) is 3.10. The van der Waals surface area contributed by atoms with Crippen molar-refractivity contribution in [2.45, 2.75) is 12.8 Å². The van der Waals surface area contributed by atoms with Crippen LogP contribution in [0.3, 0.4) is 0 Å². The topological polar surface area (TPSA) is 46.5 Å². The second-order valence-electron chi connectivity index (χ2n) is 4.39. The van der Waals surface area contributed by atoms with Gasteiger partial charge in [0.1, 0.15) is 11.3 Å². The summed E-state index contributed by atoms with van der Waals surface area (Å²) in [5.41, 5.74) is 1.30. The Hall–Kier alpha value is -2.00. The summed E-state index contributed by atoms with van der Waals surface area (Å²) in [7, 11) is 0. The highest BCUT2D eigenvalue weighted by molar-refractivity contribution is 6.31. The van der Waals surface area contributed by atoms with Gasteiger partial charge in [-0.25, -0.2) is 4.79 Å². The minimum atomic E-state index is -0.557. The zero-order valence-electron chi connectivity index (χ0n) is 10.9. The molecule has 2 aromatic carbocycles. The van der Waals surface area contributed by atoms with Gasteiger partial charge < -0.3 is 9.84 Å². The van der Waals surface area contributed by atoms with Crippen LogP contribution in [0.5, 0.6) is 5.75 Å². The molecule has 2 rings (SSSR count). The summed E-state index contributed by atoms with van der Waals surface area (Å²) in [5, 5.41) is 9.97. The van der Waals surface area contributed by atoms with E-state index in [1.165, 1.54) is 23.8 Å². The lowest BCUT2D eigenvalue weighted by Gasteiger charge is -2.07. The molecule has 0 saturated carbocycles. The highest BCUT2D eigenvalue weighted by Gasteiger charge is 2.12. The molecule has 0 atom stereocenters. The van der Waals surface area contributed by atoms with E-state index in [-0.39, 0.29) is 11.3 Å². The summed E-state index contributed by atoms with van der Waals surface area (Å²) < 4.78 is 5.13. The van der Waals surface area contributed by atoms with E-state index >= 15 is 0 Å². The number of benzene rings is 2. The molecular weight excluding hydrogens is 276 g/mol. The summed E-state index contributed by atoms with van der Waals surface area (Å²) in [4.78, 5) is 11.8. The zero-order chi connectivity index (χ0) is 14.4. The Bertz CT molecular complexity index is 582. The van der Waals surface area contributed by atoms with Gasteiger partial charge in [0.2, 0.25) is 0 Å². The molecule has 0 bridgehead atoms. The molecular formula is C16H15ClO3. The fraction of sp³-hybridized carbons (Fsp3) is 0.188. The Morgan fingerprint density at radius 3 is 2.65 bits per heavy atom. The number of esters is 1. The van der Waals surface area contributed by atoms with Crippen molar-refractivity contribution in [1.29, 1.82) is 0 Å². The lowest BCUT2D eigenvalue weighted by molar-refractivity contribution is 0.0497. The first kappa shape index (κ1) is 14.4. The number of phenols is 1. The van der Waals surface area contributed by atoms with Gasteiger partial charge in [0.05, 0.1) is 6.61 Å². The van der Waals surface area contributed by atoms with E-state index in [9.17, 15) is 9.90 Å². The normalized spacial score (nSPS) is 10.2. The summed E-state index contributed by atoms with van der Waals surface area (Å²) in [5.74, 6) is -0.680. The molecule has 0 aliphatic heterocycles. The van der Waals surface area contributed by atoms with E-state index < -0.39 is 5.97 Å². The molecule has 0 fully saturated rings. The van der Waals surface area contributed by atoms with Gasteiger partial charge in [-0.2, -0.15) is 0 Å². The van der Waals surface area contributed by atoms with Crippen molar-refractivity contribution in [3.05, 3.63) is 64.7 Å². The van der Waals surface area contributed by atoms with Gasteiger partial charge in [-0.05, 0) is 36.6 Å². The molecule has 0 radical (unpaired) electrons. The highest BCUT2D eigenvalue weighted by atomic mass is 35.5. The number of aryl methyl sites for hydroxylation is 1. The van der Waals surface area contributed by atoms with E-state index in [0.29, 0.717) is 11.6 Å². The fourth-order valence-corrected chi connectivity index (χ4v) is 2.01. The number of hydrogen-bond acceptors (Lipinski definition) is 3. The van der Waals surface area contributed by atoms with Crippen molar-refractivity contribution >= 4 is 17.6 Å². The molecule has 0 aliphatic rings. The number of aromatic hydroxyl groups is 1. The van der Waals surface area contributed by atoms with Crippen molar-refractivity contribution in [1.82, 2.24) is 0 Å². The maximum Gasteiger partial charge on any atom is 0.341 e. The number of phenolic OH excluding ortho intramolecular Hbond substituents is 1. The molecule has 0 spiro atoms. The Balaban J connectivity index is 1.82. The molecule has 0 amide bonds. The average molecular weight is 291 g/mol. The molecule has 4 heteroatoms. The van der Waals surface area contributed by atoms with Gasteiger partial charge in [-0.15, -0.1) is 0 Å². The van der Waals surface area contributed by atoms with E-state index in [2.05, 4.69) is 0 Å². The van der Waals surface area contributed by atoms with Crippen LogP contribution < -0.4 is 0 Å². The second-order valence-corrected chi connectivity index (χ2v) is 4.82. The van der Waals surface area contributed by atoms with E-state index in [4.69, 9.17) is 16.3 Å². The summed E-state index contributed by atoms with van der Waals surface area (Å²) in [6.45, 7) is 0.305. The lowest BCUT2D eigenvalue weighted by atomic mass is 10.1. The third-order valence-electron chi connectivity index (χ3n) is 2.86. The smallest absolute Gasteiger partial charge is 0.341 e. The molecule has 0 aromatic heterocycles. The fourth-order valence-electron chi connectivity index (χ4n) is 1.84. The molecule has 0 heterocycles. The Morgan fingerprint density at radius 2 is 1.90 bits per heavy atom. The number of halogens is 1. The van der Waals surface area contributed by atoms with Crippen molar-refractivity contribution in [3.8, 4) is 5.75 Å². The van der Waals surface area contributed by atoms with Crippen LogP contribution in [0.15, 0.2) is 48.5 Å². The van der Waals surface area contributed by atoms with Crippen LogP contribution in [0.1, 0.15) is 22.3 Å². The lowest BCUT2D eigenvalue weighted by Crippen LogP contribution is -2.07. The first-order chi connectivity index (χ1) is 9.66. The Morgan fingerprint density at radius 1 is 1.15 bits per heavy atom. The van der Waals surface area contributed by atoms with E-state index in [0.717, 1.165) is 12.8 Å². The molecule has 20 heavy (non-hydrogen) atoms. The van der Waals surface area contributed by atoms with Gasteiger partial charge in [0.25, 0.3) is 0 Å². The minimum Gasteiger partial charge on any atom is -0.507 e. The second kappa shape index (κ2) is 6.96. The first-order valence-electron chi connectivity index (χ1n) is 6.36. The van der Waals surface area contributed by atoms with Crippen molar-refractivity contribution in [2.24, 2.45) is 0 Å². The largest absolute Gasteiger partial charge is 0.507 e. The zero-order valence-corrected chi connectivity index (χ0v) is 11.6. The molecule has 0 saturated heterocycles. The van der Waals surface area contributed by atoms with Crippen molar-refractivity contribution < 1.29 is 14.6 Å². The molecule has 3 nitrogen and oxygen atoms in total. The molecule has 104 valence electrons. The van der Waals surface area contributed by atoms with Crippen LogP contribution in [0.2, 0.25) is 5.02 Å². The Kier molecular flexibility index (Phi) is 5.02.